The third-order valence-corrected chi connectivity index (χ3v) is 5.58. The van der Waals surface area contributed by atoms with Crippen molar-refractivity contribution in [3.05, 3.63) is 56.7 Å². The highest BCUT2D eigenvalue weighted by molar-refractivity contribution is 9.10. The highest BCUT2D eigenvalue weighted by atomic mass is 79.9. The van der Waals surface area contributed by atoms with Crippen LogP contribution in [-0.4, -0.2) is 17.9 Å². The molecule has 2 nitrogen and oxygen atoms in total. The first-order valence-electron chi connectivity index (χ1n) is 6.10. The van der Waals surface area contributed by atoms with Gasteiger partial charge in [0, 0.05) is 27.5 Å². The van der Waals surface area contributed by atoms with Crippen LogP contribution in [0.4, 0.5) is 0 Å². The first-order chi connectivity index (χ1) is 9.63. The SMILES string of the molecule is CN(Cc1cccc(Br)c1)C(=O)c1cc2sccc2s1. The minimum Gasteiger partial charge on any atom is -0.337 e. The van der Waals surface area contributed by atoms with E-state index in [1.54, 1.807) is 27.6 Å². The van der Waals surface area contributed by atoms with Crippen molar-refractivity contribution in [2.75, 3.05) is 7.05 Å². The van der Waals surface area contributed by atoms with E-state index in [0.29, 0.717) is 6.54 Å². The van der Waals surface area contributed by atoms with Crippen molar-refractivity contribution in [3.8, 4) is 0 Å². The van der Waals surface area contributed by atoms with Gasteiger partial charge in [-0.15, -0.1) is 22.7 Å². The first-order valence-corrected chi connectivity index (χ1v) is 8.59. The third-order valence-electron chi connectivity index (χ3n) is 3.01. The van der Waals surface area contributed by atoms with Crippen LogP contribution in [0.1, 0.15) is 15.2 Å². The number of carbonyl (C=O) groups is 1. The molecule has 2 aromatic heterocycles. The van der Waals surface area contributed by atoms with E-state index in [0.717, 1.165) is 14.9 Å². The van der Waals surface area contributed by atoms with Gasteiger partial charge in [-0.2, -0.15) is 0 Å². The molecule has 2 heterocycles. The number of amides is 1. The summed E-state index contributed by atoms with van der Waals surface area (Å²) >= 11 is 6.69. The highest BCUT2D eigenvalue weighted by Crippen LogP contribution is 2.30. The molecule has 0 saturated carbocycles. The van der Waals surface area contributed by atoms with Crippen LogP contribution >= 0.6 is 38.6 Å². The predicted octanol–water partition coefficient (Wildman–Crippen LogP) is 5.00. The van der Waals surface area contributed by atoms with E-state index in [2.05, 4.69) is 27.4 Å². The molecular formula is C15H12BrNOS2. The highest BCUT2D eigenvalue weighted by Gasteiger charge is 2.15. The van der Waals surface area contributed by atoms with Gasteiger partial charge in [-0.1, -0.05) is 28.1 Å². The summed E-state index contributed by atoms with van der Waals surface area (Å²) in [4.78, 5) is 15.0. The number of carbonyl (C=O) groups excluding carboxylic acids is 1. The summed E-state index contributed by atoms with van der Waals surface area (Å²) in [5.74, 6) is 0.0818. The fraction of sp³-hybridized carbons (Fsp3) is 0.133. The summed E-state index contributed by atoms with van der Waals surface area (Å²) in [6.07, 6.45) is 0. The van der Waals surface area contributed by atoms with Crippen LogP contribution in [0, 0.1) is 0 Å². The molecule has 0 bridgehead atoms. The van der Waals surface area contributed by atoms with Crippen molar-refractivity contribution in [1.82, 2.24) is 4.90 Å². The molecule has 0 saturated heterocycles. The summed E-state index contributed by atoms with van der Waals surface area (Å²) in [5, 5.41) is 2.06. The van der Waals surface area contributed by atoms with Crippen LogP contribution in [-0.2, 0) is 6.54 Å². The van der Waals surface area contributed by atoms with Crippen molar-refractivity contribution in [1.29, 1.82) is 0 Å². The lowest BCUT2D eigenvalue weighted by Gasteiger charge is -2.16. The van der Waals surface area contributed by atoms with Gasteiger partial charge in [-0.05, 0) is 35.2 Å². The Hall–Kier alpha value is -1.17. The van der Waals surface area contributed by atoms with E-state index < -0.39 is 0 Å². The Bertz CT molecular complexity index is 733. The number of fused-ring (bicyclic) bond motifs is 1. The number of rotatable bonds is 3. The lowest BCUT2D eigenvalue weighted by molar-refractivity contribution is 0.0790. The summed E-state index contributed by atoms with van der Waals surface area (Å²) < 4.78 is 3.41. The van der Waals surface area contributed by atoms with Gasteiger partial charge in [0.05, 0.1) is 4.88 Å². The van der Waals surface area contributed by atoms with Gasteiger partial charge in [0.15, 0.2) is 0 Å². The zero-order chi connectivity index (χ0) is 14.1. The summed E-state index contributed by atoms with van der Waals surface area (Å²) in [5.41, 5.74) is 1.12. The van der Waals surface area contributed by atoms with E-state index in [1.165, 1.54) is 9.40 Å². The molecule has 0 spiro atoms. The van der Waals surface area contributed by atoms with E-state index in [9.17, 15) is 4.79 Å². The second-order valence-electron chi connectivity index (χ2n) is 4.55. The third kappa shape index (κ3) is 2.80. The lowest BCUT2D eigenvalue weighted by Crippen LogP contribution is -2.25. The number of nitrogens with zero attached hydrogens (tertiary/aromatic N) is 1. The van der Waals surface area contributed by atoms with Gasteiger partial charge in [-0.3, -0.25) is 4.79 Å². The average molecular weight is 366 g/mol. The predicted molar refractivity (Wildman–Crippen MR) is 89.6 cm³/mol. The van der Waals surface area contributed by atoms with E-state index in [-0.39, 0.29) is 5.91 Å². The zero-order valence-corrected chi connectivity index (χ0v) is 14.0. The molecule has 0 aliphatic rings. The standard InChI is InChI=1S/C15H12BrNOS2/c1-17(9-10-3-2-4-11(16)7-10)15(18)14-8-13-12(20-14)5-6-19-13/h2-8H,9H2,1H3. The Balaban J connectivity index is 1.78. The molecule has 3 aromatic rings. The Labute approximate surface area is 133 Å². The van der Waals surface area contributed by atoms with Crippen LogP contribution in [0.3, 0.4) is 0 Å². The number of halogens is 1. The van der Waals surface area contributed by atoms with Crippen molar-refractivity contribution < 1.29 is 4.79 Å². The van der Waals surface area contributed by atoms with E-state index in [1.807, 2.05) is 37.4 Å². The average Bonchev–Trinajstić information content (AvgIpc) is 2.98. The minimum absolute atomic E-state index is 0.0818. The molecule has 0 aliphatic heterocycles. The fourth-order valence-corrected chi connectivity index (χ4v) is 4.59. The maximum absolute atomic E-state index is 12.4. The second kappa shape index (κ2) is 5.68. The van der Waals surface area contributed by atoms with Crippen molar-refractivity contribution >= 4 is 53.9 Å². The van der Waals surface area contributed by atoms with Gasteiger partial charge in [0.25, 0.3) is 5.91 Å². The Morgan fingerprint density at radius 2 is 2.10 bits per heavy atom. The van der Waals surface area contributed by atoms with Gasteiger partial charge in [0.2, 0.25) is 0 Å². The van der Waals surface area contributed by atoms with Crippen molar-refractivity contribution in [2.45, 2.75) is 6.54 Å². The Morgan fingerprint density at radius 1 is 1.25 bits per heavy atom. The topological polar surface area (TPSA) is 20.3 Å². The van der Waals surface area contributed by atoms with Crippen molar-refractivity contribution in [3.63, 3.8) is 0 Å². The smallest absolute Gasteiger partial charge is 0.264 e. The molecule has 1 amide bonds. The van der Waals surface area contributed by atoms with Crippen LogP contribution in [0.5, 0.6) is 0 Å². The molecular weight excluding hydrogens is 354 g/mol. The van der Waals surface area contributed by atoms with Crippen molar-refractivity contribution in [2.24, 2.45) is 0 Å². The van der Waals surface area contributed by atoms with E-state index in [4.69, 9.17) is 0 Å². The molecule has 0 radical (unpaired) electrons. The molecule has 102 valence electrons. The molecule has 1 aromatic carbocycles. The summed E-state index contributed by atoms with van der Waals surface area (Å²) in [7, 11) is 1.84. The monoisotopic (exact) mass is 365 g/mol. The number of hydrogen-bond donors (Lipinski definition) is 0. The number of hydrogen-bond acceptors (Lipinski definition) is 3. The Morgan fingerprint density at radius 3 is 2.85 bits per heavy atom. The first kappa shape index (κ1) is 13.8. The normalized spacial score (nSPS) is 10.9. The van der Waals surface area contributed by atoms with Gasteiger partial charge in [0.1, 0.15) is 0 Å². The summed E-state index contributed by atoms with van der Waals surface area (Å²) in [6, 6.07) is 12.1. The molecule has 0 atom stereocenters. The second-order valence-corrected chi connectivity index (χ2v) is 7.50. The molecule has 0 unspecified atom stereocenters. The molecule has 0 aliphatic carbocycles. The zero-order valence-electron chi connectivity index (χ0n) is 10.8. The maximum atomic E-state index is 12.4. The maximum Gasteiger partial charge on any atom is 0.264 e. The summed E-state index contributed by atoms with van der Waals surface area (Å²) in [6.45, 7) is 0.615. The minimum atomic E-state index is 0.0818. The van der Waals surface area contributed by atoms with Crippen LogP contribution in [0.2, 0.25) is 0 Å². The quantitative estimate of drug-likeness (QED) is 0.639. The molecule has 5 heteroatoms. The molecule has 3 rings (SSSR count). The van der Waals surface area contributed by atoms with Crippen LogP contribution in [0.25, 0.3) is 9.40 Å². The lowest BCUT2D eigenvalue weighted by atomic mass is 10.2. The molecule has 0 fully saturated rings. The number of benzene rings is 1. The van der Waals surface area contributed by atoms with E-state index >= 15 is 0 Å². The van der Waals surface area contributed by atoms with Crippen LogP contribution < -0.4 is 0 Å². The Kier molecular flexibility index (Phi) is 3.92. The fourth-order valence-electron chi connectivity index (χ4n) is 2.04. The van der Waals surface area contributed by atoms with Crippen LogP contribution in [0.15, 0.2) is 46.3 Å². The molecule has 0 N–H and O–H groups in total. The van der Waals surface area contributed by atoms with Gasteiger partial charge in [-0.25, -0.2) is 0 Å². The largest absolute Gasteiger partial charge is 0.337 e. The van der Waals surface area contributed by atoms with Gasteiger partial charge >= 0.3 is 0 Å². The number of thiophene rings is 2. The molecule has 20 heavy (non-hydrogen) atoms. The van der Waals surface area contributed by atoms with Gasteiger partial charge < -0.3 is 4.90 Å².